The molecule has 3 heterocycles. The second-order valence-electron chi connectivity index (χ2n) is 4.58. The molecule has 0 aliphatic rings. The average molecular weight is 292 g/mol. The smallest absolute Gasteiger partial charge is 0.246 e. The molecular formula is C13H14ClN5O. The highest BCUT2D eigenvalue weighted by Crippen LogP contribution is 2.17. The second-order valence-corrected chi connectivity index (χ2v) is 4.96. The van der Waals surface area contributed by atoms with Crippen LogP contribution in [0.15, 0.2) is 16.7 Å². The van der Waals surface area contributed by atoms with Crippen molar-refractivity contribution < 1.29 is 4.52 Å². The van der Waals surface area contributed by atoms with Crippen LogP contribution in [0.4, 0.5) is 0 Å². The zero-order valence-electron chi connectivity index (χ0n) is 11.3. The Morgan fingerprint density at radius 2 is 2.05 bits per heavy atom. The molecule has 3 rings (SSSR count). The molecule has 0 amide bonds. The fourth-order valence-corrected chi connectivity index (χ4v) is 2.29. The number of aromatic nitrogens is 5. The number of nitrogens with zero attached hydrogens (tertiary/aromatic N) is 5. The third kappa shape index (κ3) is 2.38. The minimum Gasteiger partial charge on any atom is -0.337 e. The number of fused-ring (bicyclic) bond motifs is 1. The highest BCUT2D eigenvalue weighted by Gasteiger charge is 2.14. The number of hydrogen-bond donors (Lipinski definition) is 0. The number of pyridine rings is 1. The van der Waals surface area contributed by atoms with Crippen molar-refractivity contribution in [2.24, 2.45) is 0 Å². The molecule has 0 aromatic carbocycles. The molecule has 0 spiro atoms. The third-order valence-electron chi connectivity index (χ3n) is 2.99. The summed E-state index contributed by atoms with van der Waals surface area (Å²) in [6.07, 6.45) is 0.671. The molecule has 7 heteroatoms. The molecule has 0 N–H and O–H groups in total. The zero-order chi connectivity index (χ0) is 14.1. The lowest BCUT2D eigenvalue weighted by Gasteiger charge is -2.04. The zero-order valence-corrected chi connectivity index (χ0v) is 12.1. The van der Waals surface area contributed by atoms with Gasteiger partial charge in [0, 0.05) is 18.0 Å². The Morgan fingerprint density at radius 1 is 1.20 bits per heavy atom. The van der Waals surface area contributed by atoms with Gasteiger partial charge in [-0.3, -0.25) is 0 Å². The minimum atomic E-state index is 0.458. The number of aryl methyl sites for hydroxylation is 3. The van der Waals surface area contributed by atoms with E-state index in [1.807, 2.05) is 23.6 Å². The minimum absolute atomic E-state index is 0.458. The van der Waals surface area contributed by atoms with Gasteiger partial charge in [-0.15, -0.1) is 11.6 Å². The van der Waals surface area contributed by atoms with Crippen LogP contribution >= 0.6 is 11.6 Å². The Balaban J connectivity index is 2.09. The molecule has 0 atom stereocenters. The molecule has 0 bridgehead atoms. The Morgan fingerprint density at radius 3 is 2.75 bits per heavy atom. The van der Waals surface area contributed by atoms with Gasteiger partial charge in [0.25, 0.3) is 0 Å². The van der Waals surface area contributed by atoms with Crippen molar-refractivity contribution in [3.8, 4) is 0 Å². The summed E-state index contributed by atoms with van der Waals surface area (Å²) in [6.45, 7) is 4.20. The van der Waals surface area contributed by atoms with E-state index in [4.69, 9.17) is 16.1 Å². The summed E-state index contributed by atoms with van der Waals surface area (Å²) in [6, 6.07) is 3.91. The first kappa shape index (κ1) is 13.1. The topological polar surface area (TPSA) is 69.6 Å². The molecule has 104 valence electrons. The van der Waals surface area contributed by atoms with Gasteiger partial charge in [-0.2, -0.15) is 4.98 Å². The third-order valence-corrected chi connectivity index (χ3v) is 3.18. The molecule has 0 radical (unpaired) electrons. The van der Waals surface area contributed by atoms with Gasteiger partial charge in [0.15, 0.2) is 11.5 Å². The molecule has 0 fully saturated rings. The van der Waals surface area contributed by atoms with E-state index in [0.29, 0.717) is 30.6 Å². The molecule has 3 aromatic heterocycles. The van der Waals surface area contributed by atoms with E-state index in [0.717, 1.165) is 22.7 Å². The first-order chi connectivity index (χ1) is 9.67. The van der Waals surface area contributed by atoms with Gasteiger partial charge in [0.05, 0.1) is 0 Å². The molecule has 6 nitrogen and oxygen atoms in total. The first-order valence-corrected chi connectivity index (χ1v) is 6.88. The van der Waals surface area contributed by atoms with Gasteiger partial charge in [0.1, 0.15) is 17.9 Å². The van der Waals surface area contributed by atoms with Gasteiger partial charge < -0.3 is 9.09 Å². The SMILES string of the molecule is Cc1ccc2nc(CCCl)n(Cc3nc(C)no3)c2n1. The van der Waals surface area contributed by atoms with Gasteiger partial charge in [-0.05, 0) is 26.0 Å². The molecule has 20 heavy (non-hydrogen) atoms. The maximum Gasteiger partial charge on any atom is 0.246 e. The standard InChI is InChI=1S/C13H14ClN5O/c1-8-3-4-10-13(15-8)19(11(17-10)5-6-14)7-12-16-9(2)18-20-12/h3-4H,5-7H2,1-2H3. The molecule has 0 aliphatic heterocycles. The van der Waals surface area contributed by atoms with Gasteiger partial charge in [0.2, 0.25) is 5.89 Å². The van der Waals surface area contributed by atoms with Crippen LogP contribution in [-0.2, 0) is 13.0 Å². The van der Waals surface area contributed by atoms with Crippen molar-refractivity contribution >= 4 is 22.8 Å². The number of halogens is 1. The number of imidazole rings is 1. The Kier molecular flexibility index (Phi) is 3.40. The fourth-order valence-electron chi connectivity index (χ4n) is 2.12. The van der Waals surface area contributed by atoms with E-state index < -0.39 is 0 Å². The van der Waals surface area contributed by atoms with E-state index >= 15 is 0 Å². The monoisotopic (exact) mass is 291 g/mol. The Bertz CT molecular complexity index is 748. The second kappa shape index (κ2) is 5.20. The van der Waals surface area contributed by atoms with E-state index in [1.165, 1.54) is 0 Å². The summed E-state index contributed by atoms with van der Waals surface area (Å²) in [5.41, 5.74) is 2.62. The quantitative estimate of drug-likeness (QED) is 0.690. The van der Waals surface area contributed by atoms with Crippen molar-refractivity contribution in [3.05, 3.63) is 35.4 Å². The fraction of sp³-hybridized carbons (Fsp3) is 0.385. The Hall–Kier alpha value is -1.95. The van der Waals surface area contributed by atoms with Gasteiger partial charge in [-0.1, -0.05) is 5.16 Å². The predicted octanol–water partition coefficient (Wildman–Crippen LogP) is 2.26. The maximum atomic E-state index is 5.85. The molecule has 0 saturated carbocycles. The van der Waals surface area contributed by atoms with Crippen molar-refractivity contribution in [2.45, 2.75) is 26.8 Å². The molecule has 0 aliphatic carbocycles. The molecule has 0 unspecified atom stereocenters. The summed E-state index contributed by atoms with van der Waals surface area (Å²) in [5.74, 6) is 2.54. The van der Waals surface area contributed by atoms with Crippen LogP contribution < -0.4 is 0 Å². The number of rotatable bonds is 4. The van der Waals surface area contributed by atoms with Crippen LogP contribution in [0.2, 0.25) is 0 Å². The largest absolute Gasteiger partial charge is 0.337 e. The highest BCUT2D eigenvalue weighted by atomic mass is 35.5. The van der Waals surface area contributed by atoms with Crippen LogP contribution in [0.3, 0.4) is 0 Å². The summed E-state index contributed by atoms with van der Waals surface area (Å²) in [5, 5.41) is 3.80. The van der Waals surface area contributed by atoms with Crippen molar-refractivity contribution in [3.63, 3.8) is 0 Å². The van der Waals surface area contributed by atoms with E-state index in [2.05, 4.69) is 20.1 Å². The predicted molar refractivity (Wildman–Crippen MR) is 74.8 cm³/mol. The van der Waals surface area contributed by atoms with Gasteiger partial charge in [-0.25, -0.2) is 9.97 Å². The average Bonchev–Trinajstić information content (AvgIpc) is 2.96. The Labute approximate surface area is 120 Å². The maximum absolute atomic E-state index is 5.85. The van der Waals surface area contributed by atoms with Crippen molar-refractivity contribution in [1.82, 2.24) is 24.7 Å². The summed E-state index contributed by atoms with van der Waals surface area (Å²) in [7, 11) is 0. The molecule has 0 saturated heterocycles. The van der Waals surface area contributed by atoms with Crippen LogP contribution in [0.5, 0.6) is 0 Å². The normalized spacial score (nSPS) is 11.3. The van der Waals surface area contributed by atoms with E-state index in [-0.39, 0.29) is 0 Å². The lowest BCUT2D eigenvalue weighted by atomic mass is 10.3. The summed E-state index contributed by atoms with van der Waals surface area (Å²) < 4.78 is 7.16. The van der Waals surface area contributed by atoms with Gasteiger partial charge >= 0.3 is 0 Å². The lowest BCUT2D eigenvalue weighted by Crippen LogP contribution is -2.07. The first-order valence-electron chi connectivity index (χ1n) is 6.35. The number of hydrogen-bond acceptors (Lipinski definition) is 5. The highest BCUT2D eigenvalue weighted by molar-refractivity contribution is 6.17. The summed E-state index contributed by atoms with van der Waals surface area (Å²) in [4.78, 5) is 13.4. The van der Waals surface area contributed by atoms with Crippen LogP contribution in [-0.4, -0.2) is 30.6 Å². The van der Waals surface area contributed by atoms with Crippen LogP contribution in [0.25, 0.3) is 11.2 Å². The molecule has 3 aromatic rings. The van der Waals surface area contributed by atoms with Crippen molar-refractivity contribution in [1.29, 1.82) is 0 Å². The van der Waals surface area contributed by atoms with Crippen LogP contribution in [0, 0.1) is 13.8 Å². The number of alkyl halides is 1. The lowest BCUT2D eigenvalue weighted by molar-refractivity contribution is 0.367. The van der Waals surface area contributed by atoms with Crippen molar-refractivity contribution in [2.75, 3.05) is 5.88 Å². The van der Waals surface area contributed by atoms with E-state index in [1.54, 1.807) is 6.92 Å². The van der Waals surface area contributed by atoms with Crippen LogP contribution in [0.1, 0.15) is 23.2 Å². The molecular weight excluding hydrogens is 278 g/mol. The van der Waals surface area contributed by atoms with E-state index in [9.17, 15) is 0 Å². The summed E-state index contributed by atoms with van der Waals surface area (Å²) >= 11 is 5.85.